The van der Waals surface area contributed by atoms with Gasteiger partial charge in [-0.05, 0) is 56.8 Å². The van der Waals surface area contributed by atoms with E-state index in [2.05, 4.69) is 32.2 Å². The maximum absolute atomic E-state index is 12.0. The standard InChI is InChI=1S/C17H26N4O/c22-17(14-20-9-1-2-10-20)19-12-15-4-3-11-21(13-15)16-5-7-18-8-6-16/h5-8,15H,1-4,9-14H2,(H,19,22). The third kappa shape index (κ3) is 4.19. The molecule has 5 nitrogen and oxygen atoms in total. The van der Waals surface area contributed by atoms with Gasteiger partial charge >= 0.3 is 0 Å². The van der Waals surface area contributed by atoms with Gasteiger partial charge in [0.1, 0.15) is 0 Å². The van der Waals surface area contributed by atoms with Gasteiger partial charge in [0.2, 0.25) is 5.91 Å². The van der Waals surface area contributed by atoms with Gasteiger partial charge in [-0.3, -0.25) is 14.7 Å². The number of hydrogen-bond acceptors (Lipinski definition) is 4. The number of hydrogen-bond donors (Lipinski definition) is 1. The summed E-state index contributed by atoms with van der Waals surface area (Å²) in [6.07, 6.45) is 8.54. The number of piperidine rings is 1. The molecule has 1 N–H and O–H groups in total. The molecule has 2 aliphatic heterocycles. The molecule has 120 valence electrons. The van der Waals surface area contributed by atoms with E-state index in [0.29, 0.717) is 12.5 Å². The molecule has 2 saturated heterocycles. The van der Waals surface area contributed by atoms with Crippen molar-refractivity contribution in [2.75, 3.05) is 44.2 Å². The maximum atomic E-state index is 12.0. The highest BCUT2D eigenvalue weighted by atomic mass is 16.2. The largest absolute Gasteiger partial charge is 0.371 e. The highest BCUT2D eigenvalue weighted by molar-refractivity contribution is 5.78. The molecule has 22 heavy (non-hydrogen) atoms. The minimum absolute atomic E-state index is 0.183. The summed E-state index contributed by atoms with van der Waals surface area (Å²) >= 11 is 0. The molecule has 3 heterocycles. The van der Waals surface area contributed by atoms with Crippen molar-refractivity contribution in [1.29, 1.82) is 0 Å². The molecule has 2 fully saturated rings. The van der Waals surface area contributed by atoms with E-state index >= 15 is 0 Å². The molecule has 0 saturated carbocycles. The van der Waals surface area contributed by atoms with Crippen LogP contribution in [0.1, 0.15) is 25.7 Å². The van der Waals surface area contributed by atoms with Crippen molar-refractivity contribution in [2.45, 2.75) is 25.7 Å². The van der Waals surface area contributed by atoms with E-state index in [9.17, 15) is 4.79 Å². The predicted octanol–water partition coefficient (Wildman–Crippen LogP) is 1.51. The van der Waals surface area contributed by atoms with Crippen molar-refractivity contribution < 1.29 is 4.79 Å². The highest BCUT2D eigenvalue weighted by Crippen LogP contribution is 2.22. The Morgan fingerprint density at radius 3 is 2.73 bits per heavy atom. The van der Waals surface area contributed by atoms with Crippen LogP contribution in [-0.2, 0) is 4.79 Å². The van der Waals surface area contributed by atoms with E-state index in [1.165, 1.54) is 31.4 Å². The number of nitrogens with one attached hydrogen (secondary N) is 1. The van der Waals surface area contributed by atoms with E-state index in [0.717, 1.165) is 32.7 Å². The second-order valence-corrected chi connectivity index (χ2v) is 6.45. The Bertz CT molecular complexity index is 473. The van der Waals surface area contributed by atoms with Crippen molar-refractivity contribution >= 4 is 11.6 Å². The first-order valence-corrected chi connectivity index (χ1v) is 8.45. The minimum atomic E-state index is 0.183. The van der Waals surface area contributed by atoms with Gasteiger partial charge in [0.15, 0.2) is 0 Å². The highest BCUT2D eigenvalue weighted by Gasteiger charge is 2.21. The third-order valence-corrected chi connectivity index (χ3v) is 4.70. The average Bonchev–Trinajstić information content (AvgIpc) is 3.07. The first-order valence-electron chi connectivity index (χ1n) is 8.45. The van der Waals surface area contributed by atoms with Gasteiger partial charge in [-0.2, -0.15) is 0 Å². The monoisotopic (exact) mass is 302 g/mol. The Morgan fingerprint density at radius 2 is 1.95 bits per heavy atom. The number of anilines is 1. The first-order chi connectivity index (χ1) is 10.8. The summed E-state index contributed by atoms with van der Waals surface area (Å²) in [5.41, 5.74) is 1.24. The zero-order valence-corrected chi connectivity index (χ0v) is 13.2. The fraction of sp³-hybridized carbons (Fsp3) is 0.647. The number of carbonyl (C=O) groups is 1. The smallest absolute Gasteiger partial charge is 0.234 e. The van der Waals surface area contributed by atoms with Crippen molar-refractivity contribution in [3.63, 3.8) is 0 Å². The Hall–Kier alpha value is -1.62. The van der Waals surface area contributed by atoms with E-state index < -0.39 is 0 Å². The van der Waals surface area contributed by atoms with Crippen LogP contribution in [0, 0.1) is 5.92 Å². The molecule has 3 rings (SSSR count). The van der Waals surface area contributed by atoms with Gasteiger partial charge in [-0.1, -0.05) is 0 Å². The molecular formula is C17H26N4O. The van der Waals surface area contributed by atoms with E-state index in [1.807, 2.05) is 12.4 Å². The number of rotatable bonds is 5. The van der Waals surface area contributed by atoms with Crippen LogP contribution in [0.2, 0.25) is 0 Å². The Morgan fingerprint density at radius 1 is 1.18 bits per heavy atom. The molecule has 1 amide bonds. The molecule has 0 spiro atoms. The second-order valence-electron chi connectivity index (χ2n) is 6.45. The van der Waals surface area contributed by atoms with Gasteiger partial charge in [-0.25, -0.2) is 0 Å². The van der Waals surface area contributed by atoms with Crippen LogP contribution in [0.3, 0.4) is 0 Å². The van der Waals surface area contributed by atoms with Crippen molar-refractivity contribution in [2.24, 2.45) is 5.92 Å². The summed E-state index contributed by atoms with van der Waals surface area (Å²) < 4.78 is 0. The second kappa shape index (κ2) is 7.58. The van der Waals surface area contributed by atoms with Crippen LogP contribution in [0.15, 0.2) is 24.5 Å². The molecule has 2 aliphatic rings. The lowest BCUT2D eigenvalue weighted by Crippen LogP contribution is -2.43. The lowest BCUT2D eigenvalue weighted by molar-refractivity contribution is -0.122. The zero-order chi connectivity index (χ0) is 15.2. The molecule has 0 aromatic carbocycles. The molecule has 1 atom stereocenters. The van der Waals surface area contributed by atoms with E-state index in [-0.39, 0.29) is 5.91 Å². The number of likely N-dealkylation sites (tertiary alicyclic amines) is 1. The van der Waals surface area contributed by atoms with Gasteiger partial charge in [0.05, 0.1) is 6.54 Å². The Kier molecular flexibility index (Phi) is 5.27. The molecule has 1 unspecified atom stereocenters. The van der Waals surface area contributed by atoms with Crippen LogP contribution in [0.25, 0.3) is 0 Å². The molecule has 0 radical (unpaired) electrons. The van der Waals surface area contributed by atoms with Crippen LogP contribution in [0.4, 0.5) is 5.69 Å². The maximum Gasteiger partial charge on any atom is 0.234 e. The van der Waals surface area contributed by atoms with Gasteiger partial charge in [0, 0.05) is 37.7 Å². The summed E-state index contributed by atoms with van der Waals surface area (Å²) in [4.78, 5) is 20.8. The molecular weight excluding hydrogens is 276 g/mol. The summed E-state index contributed by atoms with van der Waals surface area (Å²) in [6.45, 7) is 5.64. The third-order valence-electron chi connectivity index (χ3n) is 4.70. The quantitative estimate of drug-likeness (QED) is 0.896. The van der Waals surface area contributed by atoms with Crippen LogP contribution >= 0.6 is 0 Å². The lowest BCUT2D eigenvalue weighted by atomic mass is 9.97. The van der Waals surface area contributed by atoms with Crippen LogP contribution < -0.4 is 10.2 Å². The number of carbonyl (C=O) groups excluding carboxylic acids is 1. The number of nitrogens with zero attached hydrogens (tertiary/aromatic N) is 3. The number of pyridine rings is 1. The Balaban J connectivity index is 1.43. The number of aromatic nitrogens is 1. The summed E-state index contributed by atoms with van der Waals surface area (Å²) in [5.74, 6) is 0.729. The average molecular weight is 302 g/mol. The summed E-state index contributed by atoms with van der Waals surface area (Å²) in [6, 6.07) is 4.13. The van der Waals surface area contributed by atoms with Crippen molar-refractivity contribution in [3.8, 4) is 0 Å². The van der Waals surface area contributed by atoms with Crippen LogP contribution in [0.5, 0.6) is 0 Å². The topological polar surface area (TPSA) is 48.5 Å². The van der Waals surface area contributed by atoms with Gasteiger partial charge in [0.25, 0.3) is 0 Å². The molecule has 1 aromatic heterocycles. The van der Waals surface area contributed by atoms with Crippen molar-refractivity contribution in [3.05, 3.63) is 24.5 Å². The summed E-state index contributed by atoms with van der Waals surface area (Å²) in [7, 11) is 0. The molecule has 0 aliphatic carbocycles. The number of amides is 1. The fourth-order valence-corrected chi connectivity index (χ4v) is 3.48. The van der Waals surface area contributed by atoms with E-state index in [1.54, 1.807) is 0 Å². The predicted molar refractivity (Wildman–Crippen MR) is 87.9 cm³/mol. The fourth-order valence-electron chi connectivity index (χ4n) is 3.48. The normalized spacial score (nSPS) is 22.7. The van der Waals surface area contributed by atoms with E-state index in [4.69, 9.17) is 0 Å². The van der Waals surface area contributed by atoms with Crippen LogP contribution in [-0.4, -0.2) is 55.1 Å². The lowest BCUT2D eigenvalue weighted by Gasteiger charge is -2.34. The van der Waals surface area contributed by atoms with Gasteiger partial charge < -0.3 is 10.2 Å². The first kappa shape index (κ1) is 15.3. The molecule has 5 heteroatoms. The summed E-state index contributed by atoms with van der Waals surface area (Å²) in [5, 5.41) is 3.13. The Labute approximate surface area is 132 Å². The molecule has 1 aromatic rings. The SMILES string of the molecule is O=C(CN1CCCC1)NCC1CCCN(c2ccncc2)C1. The minimum Gasteiger partial charge on any atom is -0.371 e. The molecule has 0 bridgehead atoms. The zero-order valence-electron chi connectivity index (χ0n) is 13.2. The van der Waals surface area contributed by atoms with Gasteiger partial charge in [-0.15, -0.1) is 0 Å². The van der Waals surface area contributed by atoms with Crippen molar-refractivity contribution in [1.82, 2.24) is 15.2 Å².